The monoisotopic (exact) mass is 291 g/mol. The van der Waals surface area contributed by atoms with E-state index in [2.05, 4.69) is 4.98 Å². The molecule has 1 aliphatic carbocycles. The average molecular weight is 291 g/mol. The number of carboxylic acids is 1. The maximum absolute atomic E-state index is 12.6. The van der Waals surface area contributed by atoms with Gasteiger partial charge in [-0.3, -0.25) is 9.59 Å². The number of aliphatic carboxylic acids is 1. The molecule has 4 rings (SSSR count). The van der Waals surface area contributed by atoms with Crippen LogP contribution in [0.5, 0.6) is 0 Å². The Kier molecular flexibility index (Phi) is 3.69. The van der Waals surface area contributed by atoms with Gasteiger partial charge in [0.2, 0.25) is 5.91 Å². The molecule has 4 atom stereocenters. The fourth-order valence-corrected chi connectivity index (χ4v) is 3.75. The van der Waals surface area contributed by atoms with E-state index in [0.717, 1.165) is 25.8 Å². The highest BCUT2D eigenvalue weighted by Gasteiger charge is 2.45. The van der Waals surface area contributed by atoms with Gasteiger partial charge in [0, 0.05) is 37.4 Å². The molecule has 6 nitrogen and oxygen atoms in total. The van der Waals surface area contributed by atoms with Gasteiger partial charge in [-0.05, 0) is 32.1 Å². The van der Waals surface area contributed by atoms with Crippen molar-refractivity contribution in [2.75, 3.05) is 6.54 Å². The van der Waals surface area contributed by atoms with Crippen LogP contribution >= 0.6 is 0 Å². The maximum atomic E-state index is 12.6. The molecule has 3 fully saturated rings. The first-order valence-electron chi connectivity index (χ1n) is 7.56. The van der Waals surface area contributed by atoms with E-state index < -0.39 is 5.97 Å². The molecule has 3 heterocycles. The van der Waals surface area contributed by atoms with Crippen LogP contribution in [0.15, 0.2) is 18.7 Å². The molecule has 114 valence electrons. The van der Waals surface area contributed by atoms with E-state index in [0.29, 0.717) is 12.3 Å². The molecule has 2 saturated heterocycles. The van der Waals surface area contributed by atoms with Crippen molar-refractivity contribution < 1.29 is 14.7 Å². The van der Waals surface area contributed by atoms with Gasteiger partial charge in [-0.2, -0.15) is 0 Å². The minimum absolute atomic E-state index is 0.0451. The van der Waals surface area contributed by atoms with Crippen molar-refractivity contribution in [1.29, 1.82) is 0 Å². The number of nitrogens with zero attached hydrogens (tertiary/aromatic N) is 3. The normalized spacial score (nSPS) is 29.4. The lowest BCUT2D eigenvalue weighted by molar-refractivity contribution is -0.155. The van der Waals surface area contributed by atoms with E-state index in [1.54, 1.807) is 12.5 Å². The topological polar surface area (TPSA) is 75.4 Å². The molecule has 6 heteroatoms. The van der Waals surface area contributed by atoms with Crippen LogP contribution in [-0.2, 0) is 9.59 Å². The number of hydrogen-bond donors (Lipinski definition) is 1. The summed E-state index contributed by atoms with van der Waals surface area (Å²) >= 11 is 0. The Balaban J connectivity index is 1.68. The largest absolute Gasteiger partial charge is 0.481 e. The second-order valence-corrected chi connectivity index (χ2v) is 6.30. The lowest BCUT2D eigenvalue weighted by Gasteiger charge is -2.48. The molecule has 0 radical (unpaired) electrons. The summed E-state index contributed by atoms with van der Waals surface area (Å²) in [6.45, 7) is 2.71. The smallest absolute Gasteiger partial charge is 0.308 e. The van der Waals surface area contributed by atoms with Crippen molar-refractivity contribution in [3.63, 3.8) is 0 Å². The number of carbonyl (C=O) groups is 2. The molecule has 21 heavy (non-hydrogen) atoms. The number of carbonyl (C=O) groups excluding carboxylic acids is 1. The van der Waals surface area contributed by atoms with Crippen LogP contribution in [0.3, 0.4) is 0 Å². The highest BCUT2D eigenvalue weighted by Crippen LogP contribution is 2.39. The predicted molar refractivity (Wildman–Crippen MR) is 75.5 cm³/mol. The number of carboxylic acid groups (broad SMARTS) is 1. The third kappa shape index (κ3) is 2.66. The van der Waals surface area contributed by atoms with Gasteiger partial charge in [0.25, 0.3) is 0 Å². The summed E-state index contributed by atoms with van der Waals surface area (Å²) in [6.07, 6.45) is 8.25. The zero-order valence-electron chi connectivity index (χ0n) is 12.2. The van der Waals surface area contributed by atoms with E-state index in [4.69, 9.17) is 0 Å². The molecule has 1 amide bonds. The first kappa shape index (κ1) is 14.1. The van der Waals surface area contributed by atoms with Gasteiger partial charge in [0.1, 0.15) is 0 Å². The zero-order chi connectivity index (χ0) is 15.0. The summed E-state index contributed by atoms with van der Waals surface area (Å²) in [4.78, 5) is 29.8. The highest BCUT2D eigenvalue weighted by atomic mass is 16.4. The number of imidazole rings is 1. The van der Waals surface area contributed by atoms with Crippen LogP contribution < -0.4 is 0 Å². The fraction of sp³-hybridized carbons (Fsp3) is 0.667. The standard InChI is InChI=1S/C15H21N3O3/c1-10(17-5-4-16-9-17)6-14(19)18-8-11-2-3-13(18)12(7-11)15(20)21/h4-5,9-13H,2-3,6-8H2,1H3,(H,20,21). The Morgan fingerprint density at radius 3 is 2.86 bits per heavy atom. The third-order valence-corrected chi connectivity index (χ3v) is 4.92. The second kappa shape index (κ2) is 5.50. The molecular formula is C15H21N3O3. The van der Waals surface area contributed by atoms with Gasteiger partial charge in [0.05, 0.1) is 12.2 Å². The van der Waals surface area contributed by atoms with Gasteiger partial charge in [-0.1, -0.05) is 0 Å². The Morgan fingerprint density at radius 2 is 2.24 bits per heavy atom. The Labute approximate surface area is 123 Å². The van der Waals surface area contributed by atoms with E-state index in [1.165, 1.54) is 0 Å². The molecule has 1 aromatic heterocycles. The minimum atomic E-state index is -0.759. The lowest BCUT2D eigenvalue weighted by Crippen LogP contribution is -2.57. The third-order valence-electron chi connectivity index (χ3n) is 4.92. The van der Waals surface area contributed by atoms with Crippen LogP contribution in [-0.4, -0.2) is 44.0 Å². The van der Waals surface area contributed by atoms with E-state index in [9.17, 15) is 14.7 Å². The van der Waals surface area contributed by atoms with Crippen LogP contribution in [0.4, 0.5) is 0 Å². The average Bonchev–Trinajstić information content (AvgIpc) is 3.01. The first-order valence-corrected chi connectivity index (χ1v) is 7.56. The van der Waals surface area contributed by atoms with E-state index in [1.807, 2.05) is 22.6 Å². The van der Waals surface area contributed by atoms with Crippen molar-refractivity contribution in [2.24, 2.45) is 11.8 Å². The van der Waals surface area contributed by atoms with Crippen molar-refractivity contribution in [2.45, 2.75) is 44.7 Å². The van der Waals surface area contributed by atoms with Gasteiger partial charge >= 0.3 is 5.97 Å². The van der Waals surface area contributed by atoms with Crippen molar-refractivity contribution in [1.82, 2.24) is 14.5 Å². The number of fused-ring (bicyclic) bond motifs is 3. The molecule has 1 N–H and O–H groups in total. The van der Waals surface area contributed by atoms with Crippen molar-refractivity contribution in [3.05, 3.63) is 18.7 Å². The molecule has 2 aliphatic heterocycles. The van der Waals surface area contributed by atoms with Gasteiger partial charge in [-0.15, -0.1) is 0 Å². The van der Waals surface area contributed by atoms with E-state index in [-0.39, 0.29) is 23.9 Å². The van der Waals surface area contributed by atoms with Gasteiger partial charge in [-0.25, -0.2) is 4.98 Å². The number of hydrogen-bond acceptors (Lipinski definition) is 3. The SMILES string of the molecule is CC(CC(=O)N1CC2CCC1C(C(=O)O)C2)n1ccnc1. The van der Waals surface area contributed by atoms with Crippen LogP contribution in [0.25, 0.3) is 0 Å². The molecule has 0 spiro atoms. The summed E-state index contributed by atoms with van der Waals surface area (Å²) in [6, 6.07) is -0.0706. The Hall–Kier alpha value is -1.85. The van der Waals surface area contributed by atoms with Crippen LogP contribution in [0, 0.1) is 11.8 Å². The number of rotatable bonds is 4. The van der Waals surface area contributed by atoms with Gasteiger partial charge in [0.15, 0.2) is 0 Å². The van der Waals surface area contributed by atoms with Crippen LogP contribution in [0.2, 0.25) is 0 Å². The number of amides is 1. The second-order valence-electron chi connectivity index (χ2n) is 6.30. The lowest BCUT2D eigenvalue weighted by atomic mass is 9.72. The first-order chi connectivity index (χ1) is 10.1. The molecule has 2 bridgehead atoms. The van der Waals surface area contributed by atoms with E-state index >= 15 is 0 Å². The molecule has 0 aromatic carbocycles. The Morgan fingerprint density at radius 1 is 1.43 bits per heavy atom. The Bertz CT molecular complexity index is 528. The number of aromatic nitrogens is 2. The fourth-order valence-electron chi connectivity index (χ4n) is 3.75. The molecule has 1 aromatic rings. The summed E-state index contributed by atoms with van der Waals surface area (Å²) in [5.41, 5.74) is 0. The predicted octanol–water partition coefficient (Wildman–Crippen LogP) is 1.55. The summed E-state index contributed by atoms with van der Waals surface area (Å²) in [7, 11) is 0. The molecular weight excluding hydrogens is 270 g/mol. The summed E-state index contributed by atoms with van der Waals surface area (Å²) < 4.78 is 1.91. The molecule has 1 saturated carbocycles. The van der Waals surface area contributed by atoms with Gasteiger partial charge < -0.3 is 14.6 Å². The molecule has 3 aliphatic rings. The molecule has 4 unspecified atom stereocenters. The quantitative estimate of drug-likeness (QED) is 0.913. The van der Waals surface area contributed by atoms with Crippen LogP contribution in [0.1, 0.15) is 38.6 Å². The highest BCUT2D eigenvalue weighted by molar-refractivity contribution is 5.79. The maximum Gasteiger partial charge on any atom is 0.308 e. The number of piperidine rings is 2. The zero-order valence-corrected chi connectivity index (χ0v) is 12.2. The van der Waals surface area contributed by atoms with Crippen molar-refractivity contribution in [3.8, 4) is 0 Å². The minimum Gasteiger partial charge on any atom is -0.481 e. The van der Waals surface area contributed by atoms with Crippen molar-refractivity contribution >= 4 is 11.9 Å². The summed E-state index contributed by atoms with van der Waals surface area (Å²) in [5.74, 6) is -0.727. The summed E-state index contributed by atoms with van der Waals surface area (Å²) in [5, 5.41) is 9.34.